The molecule has 0 saturated carbocycles. The van der Waals surface area contributed by atoms with E-state index in [1.807, 2.05) is 48.5 Å². The second-order valence-electron chi connectivity index (χ2n) is 6.61. The van der Waals surface area contributed by atoms with Crippen molar-refractivity contribution in [3.8, 4) is 0 Å². The van der Waals surface area contributed by atoms with E-state index in [4.69, 9.17) is 0 Å². The lowest BCUT2D eigenvalue weighted by Gasteiger charge is -2.30. The highest BCUT2D eigenvalue weighted by molar-refractivity contribution is 9.10. The van der Waals surface area contributed by atoms with Gasteiger partial charge in [-0.3, -0.25) is 19.9 Å². The number of fused-ring (bicyclic) bond motifs is 3. The number of halogens is 1. The van der Waals surface area contributed by atoms with E-state index in [9.17, 15) is 14.9 Å². The maximum Gasteiger partial charge on any atom is 0.248 e. The Kier molecular flexibility index (Phi) is 4.11. The molecule has 6 nitrogen and oxygen atoms in total. The molecular formula is C19H16BrN3O3. The zero-order valence-electron chi connectivity index (χ0n) is 13.9. The Bertz CT molecular complexity index is 913. The fraction of sp³-hybridized carbons (Fsp3) is 0.263. The number of rotatable bonds is 3. The van der Waals surface area contributed by atoms with Crippen molar-refractivity contribution < 1.29 is 9.72 Å². The van der Waals surface area contributed by atoms with Gasteiger partial charge in [0, 0.05) is 15.0 Å². The first kappa shape index (κ1) is 16.9. The molecule has 0 aliphatic carbocycles. The van der Waals surface area contributed by atoms with Gasteiger partial charge in [0.2, 0.25) is 6.04 Å². The number of hydrogen-bond donors (Lipinski definition) is 0. The summed E-state index contributed by atoms with van der Waals surface area (Å²) in [6.45, 7) is 1.48. The average Bonchev–Trinajstić information content (AvgIpc) is 2.98. The minimum Gasteiger partial charge on any atom is -0.298 e. The van der Waals surface area contributed by atoms with Gasteiger partial charge in [-0.25, -0.2) is 0 Å². The van der Waals surface area contributed by atoms with Crippen LogP contribution in [0.4, 0.5) is 0 Å². The van der Waals surface area contributed by atoms with Crippen molar-refractivity contribution in [1.82, 2.24) is 5.01 Å². The molecule has 0 spiro atoms. The number of Topliss-reactive ketones (excluding diaryl/α,β-unsaturated/α-hetero) is 1. The van der Waals surface area contributed by atoms with Gasteiger partial charge in [0.15, 0.2) is 5.78 Å². The summed E-state index contributed by atoms with van der Waals surface area (Å²) in [7, 11) is 0. The maximum absolute atomic E-state index is 12.5. The van der Waals surface area contributed by atoms with E-state index < -0.39 is 24.0 Å². The molecule has 0 amide bonds. The molecule has 2 heterocycles. The number of nitro groups is 1. The van der Waals surface area contributed by atoms with Crippen LogP contribution in [0.15, 0.2) is 58.1 Å². The molecule has 4 rings (SSSR count). The number of carbonyl (C=O) groups excluding carboxylic acids is 1. The highest BCUT2D eigenvalue weighted by Crippen LogP contribution is 2.49. The monoisotopic (exact) mass is 413 g/mol. The number of ketones is 1. The Morgan fingerprint density at radius 3 is 2.54 bits per heavy atom. The summed E-state index contributed by atoms with van der Waals surface area (Å²) in [5.41, 5.74) is 2.48. The summed E-state index contributed by atoms with van der Waals surface area (Å²) in [4.78, 5) is 24.3. The first-order valence-electron chi connectivity index (χ1n) is 8.29. The van der Waals surface area contributed by atoms with Crippen LogP contribution in [0.1, 0.15) is 35.6 Å². The van der Waals surface area contributed by atoms with Crippen LogP contribution in [-0.4, -0.2) is 34.0 Å². The number of benzene rings is 2. The normalized spacial score (nSPS) is 26.3. The van der Waals surface area contributed by atoms with Crippen molar-refractivity contribution in [2.75, 3.05) is 0 Å². The minimum atomic E-state index is -0.955. The summed E-state index contributed by atoms with van der Waals surface area (Å²) in [5.74, 6) is -0.687. The smallest absolute Gasteiger partial charge is 0.248 e. The Morgan fingerprint density at radius 1 is 1.19 bits per heavy atom. The molecule has 1 saturated heterocycles. The molecule has 2 aromatic rings. The van der Waals surface area contributed by atoms with Crippen LogP contribution in [0.2, 0.25) is 0 Å². The summed E-state index contributed by atoms with van der Waals surface area (Å²) >= 11 is 3.39. The fourth-order valence-electron chi connectivity index (χ4n) is 4.12. The third-order valence-corrected chi connectivity index (χ3v) is 5.69. The molecule has 7 heteroatoms. The van der Waals surface area contributed by atoms with Crippen LogP contribution in [-0.2, 0) is 4.79 Å². The molecule has 4 atom stereocenters. The molecule has 0 unspecified atom stereocenters. The van der Waals surface area contributed by atoms with Crippen molar-refractivity contribution in [2.45, 2.75) is 31.0 Å². The van der Waals surface area contributed by atoms with Crippen molar-refractivity contribution >= 4 is 27.9 Å². The van der Waals surface area contributed by atoms with E-state index >= 15 is 0 Å². The molecule has 2 aliphatic rings. The van der Waals surface area contributed by atoms with Crippen LogP contribution in [0.3, 0.4) is 0 Å². The molecule has 0 bridgehead atoms. The second-order valence-corrected chi connectivity index (χ2v) is 7.52. The summed E-state index contributed by atoms with van der Waals surface area (Å²) in [6, 6.07) is 12.7. The van der Waals surface area contributed by atoms with Gasteiger partial charge < -0.3 is 0 Å². The van der Waals surface area contributed by atoms with Crippen LogP contribution in [0, 0.1) is 10.1 Å². The Balaban J connectivity index is 1.91. The van der Waals surface area contributed by atoms with E-state index in [1.54, 1.807) is 11.2 Å². The van der Waals surface area contributed by atoms with Crippen molar-refractivity contribution in [3.05, 3.63) is 79.8 Å². The van der Waals surface area contributed by atoms with Gasteiger partial charge in [-0.1, -0.05) is 52.3 Å². The van der Waals surface area contributed by atoms with Gasteiger partial charge in [-0.05, 0) is 30.2 Å². The fourth-order valence-corrected chi connectivity index (χ4v) is 4.39. The lowest BCUT2D eigenvalue weighted by Crippen LogP contribution is -2.36. The Morgan fingerprint density at radius 2 is 1.88 bits per heavy atom. The molecule has 0 aromatic heterocycles. The highest BCUT2D eigenvalue weighted by Gasteiger charge is 2.59. The summed E-state index contributed by atoms with van der Waals surface area (Å²) in [6.07, 6.45) is 1.68. The van der Waals surface area contributed by atoms with Gasteiger partial charge in [0.25, 0.3) is 0 Å². The standard InChI is InChI=1S/C19H16BrN3O3/c1-11(24)17-16(12-6-8-14(20)9-7-12)19(23(25)26)18-15-5-3-2-4-13(15)10-21-22(17)18/h2-10,16-19H,1H3/t16-,17-,18+,19+/m0/s1. The largest absolute Gasteiger partial charge is 0.298 e. The number of nitrogens with zero attached hydrogens (tertiary/aromatic N) is 3. The predicted molar refractivity (Wildman–Crippen MR) is 101 cm³/mol. The first-order chi connectivity index (χ1) is 12.5. The van der Waals surface area contributed by atoms with Crippen molar-refractivity contribution in [2.24, 2.45) is 5.10 Å². The van der Waals surface area contributed by atoms with Crippen molar-refractivity contribution in [3.63, 3.8) is 0 Å². The van der Waals surface area contributed by atoms with Gasteiger partial charge in [-0.15, -0.1) is 0 Å². The number of hydrogen-bond acceptors (Lipinski definition) is 5. The van der Waals surface area contributed by atoms with Gasteiger partial charge in [-0.2, -0.15) is 5.10 Å². The third kappa shape index (κ3) is 2.54. The number of carbonyl (C=O) groups is 1. The molecule has 1 fully saturated rings. The third-order valence-electron chi connectivity index (χ3n) is 5.16. The van der Waals surface area contributed by atoms with Gasteiger partial charge in [0.05, 0.1) is 12.1 Å². The van der Waals surface area contributed by atoms with E-state index in [0.29, 0.717) is 0 Å². The average molecular weight is 414 g/mol. The Labute approximate surface area is 158 Å². The SMILES string of the molecule is CC(=O)[C@H]1[C@H](c2ccc(Br)cc2)[C@@H]([N+](=O)[O-])[C@H]2c3ccccc3C=NN21. The lowest BCUT2D eigenvalue weighted by atomic mass is 9.84. The van der Waals surface area contributed by atoms with Crippen molar-refractivity contribution in [1.29, 1.82) is 0 Å². The van der Waals surface area contributed by atoms with Gasteiger partial charge in [0.1, 0.15) is 12.1 Å². The number of hydrazone groups is 1. The van der Waals surface area contributed by atoms with Crippen LogP contribution >= 0.6 is 15.9 Å². The molecule has 26 heavy (non-hydrogen) atoms. The minimum absolute atomic E-state index is 0.121. The van der Waals surface area contributed by atoms with E-state index in [1.165, 1.54) is 6.92 Å². The van der Waals surface area contributed by atoms with E-state index in [-0.39, 0.29) is 10.7 Å². The quantitative estimate of drug-likeness (QED) is 0.569. The maximum atomic E-state index is 12.5. The molecule has 2 aliphatic heterocycles. The van der Waals surface area contributed by atoms with E-state index in [2.05, 4.69) is 21.0 Å². The molecular weight excluding hydrogens is 398 g/mol. The molecule has 132 valence electrons. The Hall–Kier alpha value is -2.54. The molecule has 2 aromatic carbocycles. The highest BCUT2D eigenvalue weighted by atomic mass is 79.9. The predicted octanol–water partition coefficient (Wildman–Crippen LogP) is 3.54. The second kappa shape index (κ2) is 6.32. The molecule has 0 radical (unpaired) electrons. The topological polar surface area (TPSA) is 75.8 Å². The first-order valence-corrected chi connectivity index (χ1v) is 9.09. The summed E-state index contributed by atoms with van der Waals surface area (Å²) in [5, 5.41) is 18.2. The van der Waals surface area contributed by atoms with Crippen LogP contribution in [0.25, 0.3) is 0 Å². The summed E-state index contributed by atoms with van der Waals surface area (Å²) < 4.78 is 0.886. The zero-order valence-corrected chi connectivity index (χ0v) is 15.5. The lowest BCUT2D eigenvalue weighted by molar-refractivity contribution is -0.529. The molecule has 0 N–H and O–H groups in total. The zero-order chi connectivity index (χ0) is 18.4. The van der Waals surface area contributed by atoms with E-state index in [0.717, 1.165) is 21.2 Å². The van der Waals surface area contributed by atoms with Crippen LogP contribution < -0.4 is 0 Å². The van der Waals surface area contributed by atoms with Gasteiger partial charge >= 0.3 is 0 Å². The van der Waals surface area contributed by atoms with Crippen LogP contribution in [0.5, 0.6) is 0 Å².